The first kappa shape index (κ1) is 36.9. The van der Waals surface area contributed by atoms with Crippen molar-refractivity contribution >= 4 is 17.6 Å². The number of cyclic esters (lactones) is 1. The van der Waals surface area contributed by atoms with Crippen LogP contribution in [-0.2, 0) is 28.5 Å². The van der Waals surface area contributed by atoms with E-state index in [-0.39, 0.29) is 23.9 Å². The summed E-state index contributed by atoms with van der Waals surface area (Å²) in [5.41, 5.74) is -2.66. The fourth-order valence-corrected chi connectivity index (χ4v) is 7.39. The van der Waals surface area contributed by atoms with Gasteiger partial charge >= 0.3 is 5.97 Å². The van der Waals surface area contributed by atoms with Crippen LogP contribution in [0.15, 0.2) is 0 Å². The van der Waals surface area contributed by atoms with Crippen molar-refractivity contribution in [1.29, 1.82) is 0 Å². The predicted octanol–water partition coefficient (Wildman–Crippen LogP) is 2.26. The molecule has 4 N–H and O–H groups in total. The van der Waals surface area contributed by atoms with Gasteiger partial charge in [-0.1, -0.05) is 20.8 Å². The Labute approximate surface area is 262 Å². The Balaban J connectivity index is 2.08. The first-order chi connectivity index (χ1) is 20.0. The molecule has 0 aromatic heterocycles. The average molecular weight is 637 g/mol. The first-order valence-corrected chi connectivity index (χ1v) is 16.4. The van der Waals surface area contributed by atoms with Gasteiger partial charge in [0.2, 0.25) is 0 Å². The molecule has 0 spiro atoms. The third-order valence-corrected chi connectivity index (χ3v) is 10.0. The molecule has 0 aliphatic carbocycles. The summed E-state index contributed by atoms with van der Waals surface area (Å²) in [6.07, 6.45) is -4.97. The maximum atomic E-state index is 13.7. The number of hydrogen-bond donors (Lipinski definition) is 4. The van der Waals surface area contributed by atoms with Crippen LogP contribution in [0.2, 0.25) is 0 Å². The highest BCUT2D eigenvalue weighted by Gasteiger charge is 2.54. The van der Waals surface area contributed by atoms with E-state index in [1.165, 1.54) is 6.92 Å². The molecule has 3 unspecified atom stereocenters. The van der Waals surface area contributed by atoms with Gasteiger partial charge in [-0.05, 0) is 80.4 Å². The molecule has 3 rings (SSSR count). The van der Waals surface area contributed by atoms with Crippen molar-refractivity contribution in [3.05, 3.63) is 0 Å². The number of likely N-dealkylation sites (N-methyl/N-ethyl adjacent to an activating group) is 1. The summed E-state index contributed by atoms with van der Waals surface area (Å²) in [6.45, 7) is 15.2. The highest BCUT2D eigenvalue weighted by Crippen LogP contribution is 2.42. The number of alkyl halides is 1. The lowest BCUT2D eigenvalue weighted by atomic mass is 9.78. The van der Waals surface area contributed by atoms with Gasteiger partial charge in [-0.3, -0.25) is 4.79 Å². The molecular formula is C31H57ClN2O9. The molecule has 43 heavy (non-hydrogen) atoms. The molecule has 3 aliphatic heterocycles. The average Bonchev–Trinajstić information content (AvgIpc) is 3.04. The van der Waals surface area contributed by atoms with E-state index in [1.807, 2.05) is 39.8 Å². The number of halogens is 1. The largest absolute Gasteiger partial charge is 0.459 e. The quantitative estimate of drug-likeness (QED) is 0.261. The van der Waals surface area contributed by atoms with Crippen molar-refractivity contribution in [1.82, 2.24) is 10.2 Å². The molecule has 0 saturated carbocycles. The molecule has 12 heteroatoms. The first-order valence-electron chi connectivity index (χ1n) is 15.9. The Bertz CT molecular complexity index is 912. The van der Waals surface area contributed by atoms with E-state index in [1.54, 1.807) is 20.8 Å². The molecule has 0 radical (unpaired) electrons. The zero-order valence-electron chi connectivity index (χ0n) is 27.7. The van der Waals surface area contributed by atoms with Crippen LogP contribution in [-0.4, -0.2) is 125 Å². The molecule has 0 aromatic carbocycles. The number of nitrogens with one attached hydrogen (secondary N) is 1. The summed E-state index contributed by atoms with van der Waals surface area (Å²) >= 11 is 6.37. The molecule has 11 nitrogen and oxygen atoms in total. The molecule has 2 bridgehead atoms. The Morgan fingerprint density at radius 1 is 1.12 bits per heavy atom. The molecule has 3 heterocycles. The second kappa shape index (κ2) is 14.9. The zero-order chi connectivity index (χ0) is 32.4. The van der Waals surface area contributed by atoms with Crippen LogP contribution >= 0.6 is 11.6 Å². The number of carbonyl (C=O) groups is 1. The van der Waals surface area contributed by atoms with Gasteiger partial charge in [0.05, 0.1) is 35.7 Å². The van der Waals surface area contributed by atoms with Crippen LogP contribution in [0.25, 0.3) is 0 Å². The monoisotopic (exact) mass is 636 g/mol. The highest BCUT2D eigenvalue weighted by atomic mass is 35.5. The zero-order valence-corrected chi connectivity index (χ0v) is 28.4. The van der Waals surface area contributed by atoms with Crippen molar-refractivity contribution in [2.24, 2.45) is 17.8 Å². The number of hydrogen-bond acceptors (Lipinski definition) is 11. The lowest BCUT2D eigenvalue weighted by Crippen LogP contribution is -2.59. The van der Waals surface area contributed by atoms with Gasteiger partial charge in [-0.25, -0.2) is 0 Å². The maximum absolute atomic E-state index is 13.7. The summed E-state index contributed by atoms with van der Waals surface area (Å²) in [5, 5.41) is 37.2. The molecule has 15 atom stereocenters. The number of rotatable bonds is 5. The van der Waals surface area contributed by atoms with Crippen LogP contribution in [0, 0.1) is 17.8 Å². The number of aliphatic hydroxyl groups excluding tert-OH is 2. The van der Waals surface area contributed by atoms with Gasteiger partial charge in [-0.2, -0.15) is 0 Å². The van der Waals surface area contributed by atoms with E-state index in [4.69, 9.17) is 35.3 Å². The third kappa shape index (κ3) is 8.22. The van der Waals surface area contributed by atoms with Crippen LogP contribution in [0.5, 0.6) is 0 Å². The van der Waals surface area contributed by atoms with Gasteiger partial charge < -0.3 is 49.2 Å². The minimum Gasteiger partial charge on any atom is -0.459 e. The van der Waals surface area contributed by atoms with E-state index in [0.717, 1.165) is 0 Å². The third-order valence-electron chi connectivity index (χ3n) is 9.75. The Kier molecular flexibility index (Phi) is 12.8. The Morgan fingerprint density at radius 3 is 2.35 bits per heavy atom. The summed E-state index contributed by atoms with van der Waals surface area (Å²) in [4.78, 5) is 15.7. The number of nitrogens with zero attached hydrogens (tertiary/aromatic N) is 1. The maximum Gasteiger partial charge on any atom is 0.311 e. The van der Waals surface area contributed by atoms with E-state index >= 15 is 0 Å². The minimum atomic E-state index is -1.70. The van der Waals surface area contributed by atoms with Gasteiger partial charge in [0.1, 0.15) is 23.9 Å². The van der Waals surface area contributed by atoms with Crippen molar-refractivity contribution in [2.75, 3.05) is 26.5 Å². The Hall–Kier alpha value is -0.600. The van der Waals surface area contributed by atoms with Crippen LogP contribution in [0.1, 0.15) is 74.7 Å². The van der Waals surface area contributed by atoms with Crippen LogP contribution < -0.4 is 5.32 Å². The topological polar surface area (TPSA) is 139 Å². The highest BCUT2D eigenvalue weighted by molar-refractivity contribution is 6.18. The van der Waals surface area contributed by atoms with E-state index in [0.29, 0.717) is 25.8 Å². The fraction of sp³-hybridized carbons (Fsp3) is 0.968. The van der Waals surface area contributed by atoms with Gasteiger partial charge in [0.25, 0.3) is 0 Å². The van der Waals surface area contributed by atoms with E-state index < -0.39 is 78.1 Å². The van der Waals surface area contributed by atoms with Crippen molar-refractivity contribution < 1.29 is 43.8 Å². The molecule has 3 saturated heterocycles. The second-order valence-electron chi connectivity index (χ2n) is 13.9. The number of carbonyl (C=O) groups excluding carboxylic acids is 1. The van der Waals surface area contributed by atoms with E-state index in [9.17, 15) is 20.1 Å². The molecule has 252 valence electrons. The molecule has 0 amide bonds. The van der Waals surface area contributed by atoms with Crippen molar-refractivity contribution in [2.45, 2.75) is 147 Å². The van der Waals surface area contributed by atoms with Crippen LogP contribution in [0.3, 0.4) is 0 Å². The lowest BCUT2D eigenvalue weighted by Gasteiger charge is -2.47. The SMILES string of the molecule is CC[C@@H]1OC(=O)[C@H](C)[C@H]2OC(CCl)OC(C)(C[C@@H](C)CN[C@@H](C)[C@@H](O)[C@]1(C)O)[C@H](OC1O[C@H](C)C[C@H](N(C)C)[C@H]1O)[C@H]2C. The van der Waals surface area contributed by atoms with Crippen molar-refractivity contribution in [3.8, 4) is 0 Å². The van der Waals surface area contributed by atoms with Crippen molar-refractivity contribution in [3.63, 3.8) is 0 Å². The molecule has 0 aromatic rings. The van der Waals surface area contributed by atoms with Gasteiger partial charge in [0.15, 0.2) is 12.6 Å². The standard InChI is InChI=1S/C31H57ClN2O9/c1-11-22-31(8,38)26(36)20(6)33-15-16(2)13-30(7)27(42-29-24(35)21(34(9)10)12-17(3)39-29)18(4)25(19(5)28(37)40-22)41-23(14-32)43-30/h16-27,29,33,35-36,38H,11-15H2,1-10H3/t16-,17-,18+,19-,20+,21+,22+,23?,24-,25+,26-,27-,29?,30?,31-/m1/s1. The number of fused-ring (bicyclic) bond motifs is 3. The molecule has 3 fully saturated rings. The van der Waals surface area contributed by atoms with Gasteiger partial charge in [0, 0.05) is 18.0 Å². The summed E-state index contributed by atoms with van der Waals surface area (Å²) in [5.74, 6) is -1.77. The summed E-state index contributed by atoms with van der Waals surface area (Å²) < 4.78 is 31.8. The number of ether oxygens (including phenoxy) is 5. The van der Waals surface area contributed by atoms with Gasteiger partial charge in [-0.15, -0.1) is 11.6 Å². The van der Waals surface area contributed by atoms with E-state index in [2.05, 4.69) is 12.2 Å². The second-order valence-corrected chi connectivity index (χ2v) is 14.2. The smallest absolute Gasteiger partial charge is 0.311 e. The lowest BCUT2D eigenvalue weighted by molar-refractivity contribution is -0.301. The Morgan fingerprint density at radius 2 is 1.77 bits per heavy atom. The van der Waals surface area contributed by atoms with Crippen LogP contribution in [0.4, 0.5) is 0 Å². The number of aliphatic hydroxyl groups is 3. The predicted molar refractivity (Wildman–Crippen MR) is 163 cm³/mol. The normalized spacial score (nSPS) is 49.2. The summed E-state index contributed by atoms with van der Waals surface area (Å²) in [6, 6.07) is -0.671. The number of esters is 1. The molecular weight excluding hydrogens is 580 g/mol. The summed E-state index contributed by atoms with van der Waals surface area (Å²) in [7, 11) is 3.85. The fourth-order valence-electron chi connectivity index (χ4n) is 7.25. The minimum absolute atomic E-state index is 0.0171. The molecule has 3 aliphatic rings.